The molecule has 1 atom stereocenters. The van der Waals surface area contributed by atoms with E-state index in [4.69, 9.17) is 17.3 Å². The highest BCUT2D eigenvalue weighted by molar-refractivity contribution is 6.33. The number of halogens is 3. The molecule has 9 heteroatoms. The van der Waals surface area contributed by atoms with Gasteiger partial charge in [0.05, 0.1) is 17.3 Å². The number of rotatable bonds is 5. The van der Waals surface area contributed by atoms with Crippen molar-refractivity contribution in [3.63, 3.8) is 0 Å². The summed E-state index contributed by atoms with van der Waals surface area (Å²) in [6, 6.07) is 15.8. The summed E-state index contributed by atoms with van der Waals surface area (Å²) < 4.78 is 0. The maximum Gasteiger partial charge on any atom is 0.244 e. The number of nitrogens with zero attached hydrogens (tertiary/aromatic N) is 2. The molecule has 2 aromatic rings. The van der Waals surface area contributed by atoms with Crippen molar-refractivity contribution < 1.29 is 9.59 Å². The topological polar surface area (TPSA) is 78.7 Å². The lowest BCUT2D eigenvalue weighted by Gasteiger charge is -2.35. The van der Waals surface area contributed by atoms with Crippen molar-refractivity contribution in [1.82, 2.24) is 9.80 Å². The first-order valence-corrected chi connectivity index (χ1v) is 9.28. The molecule has 0 aromatic heterocycles. The van der Waals surface area contributed by atoms with Gasteiger partial charge < -0.3 is 16.0 Å². The van der Waals surface area contributed by atoms with Crippen LogP contribution < -0.4 is 11.1 Å². The summed E-state index contributed by atoms with van der Waals surface area (Å²) in [6.07, 6.45) is 0. The van der Waals surface area contributed by atoms with Gasteiger partial charge in [0.15, 0.2) is 0 Å². The van der Waals surface area contributed by atoms with Crippen LogP contribution in [0.25, 0.3) is 0 Å². The fourth-order valence-electron chi connectivity index (χ4n) is 3.08. The van der Waals surface area contributed by atoms with Crippen LogP contribution in [0, 0.1) is 0 Å². The zero-order valence-corrected chi connectivity index (χ0v) is 18.2. The first kappa shape index (κ1) is 25.2. The van der Waals surface area contributed by atoms with E-state index in [1.54, 1.807) is 17.0 Å². The minimum Gasteiger partial charge on any atom is -0.338 e. The summed E-state index contributed by atoms with van der Waals surface area (Å²) in [6.45, 7) is 2.63. The molecule has 0 spiro atoms. The highest BCUT2D eigenvalue weighted by Crippen LogP contribution is 2.20. The van der Waals surface area contributed by atoms with E-state index < -0.39 is 6.04 Å². The van der Waals surface area contributed by atoms with Crippen molar-refractivity contribution in [2.75, 3.05) is 38.0 Å². The van der Waals surface area contributed by atoms with Crippen LogP contribution in [0.1, 0.15) is 11.6 Å². The number of nitrogens with two attached hydrogens (primary N) is 1. The lowest BCUT2D eigenvalue weighted by atomic mass is 10.1. The Labute approximate surface area is 188 Å². The number of hydrogen-bond donors (Lipinski definition) is 2. The molecular formula is C20H25Cl3N4O2. The Morgan fingerprint density at radius 3 is 2.17 bits per heavy atom. The van der Waals surface area contributed by atoms with Gasteiger partial charge in [-0.1, -0.05) is 54.1 Å². The molecule has 1 aliphatic rings. The van der Waals surface area contributed by atoms with Crippen molar-refractivity contribution in [2.24, 2.45) is 5.73 Å². The standard InChI is InChI=1S/C20H23ClN4O2.2ClH/c21-16-8-4-5-9-17(16)23-18(26)14-24-10-12-25(13-11-24)20(27)19(22)15-6-2-1-3-7-15;;/h1-9,19H,10-14,22H2,(H,23,26);2*1H. The molecule has 29 heavy (non-hydrogen) atoms. The minimum absolute atomic E-state index is 0. The van der Waals surface area contributed by atoms with Crippen molar-refractivity contribution in [2.45, 2.75) is 6.04 Å². The molecule has 1 saturated heterocycles. The first-order valence-electron chi connectivity index (χ1n) is 8.90. The molecule has 158 valence electrons. The number of hydrogen-bond acceptors (Lipinski definition) is 4. The zero-order valence-electron chi connectivity index (χ0n) is 15.8. The van der Waals surface area contributed by atoms with Crippen LogP contribution in [-0.4, -0.2) is 54.3 Å². The number of amides is 2. The molecule has 3 N–H and O–H groups in total. The molecule has 0 aliphatic carbocycles. The van der Waals surface area contributed by atoms with Crippen LogP contribution in [0.3, 0.4) is 0 Å². The average Bonchev–Trinajstić information content (AvgIpc) is 2.70. The first-order chi connectivity index (χ1) is 13.0. The van der Waals surface area contributed by atoms with Gasteiger partial charge in [-0.15, -0.1) is 24.8 Å². The largest absolute Gasteiger partial charge is 0.338 e. The molecule has 0 bridgehead atoms. The molecule has 1 unspecified atom stereocenters. The molecule has 2 aromatic carbocycles. The summed E-state index contributed by atoms with van der Waals surface area (Å²) >= 11 is 6.06. The van der Waals surface area contributed by atoms with Crippen molar-refractivity contribution >= 4 is 53.9 Å². The number of carbonyl (C=O) groups is 2. The second-order valence-electron chi connectivity index (χ2n) is 6.52. The Balaban J connectivity index is 0.00000210. The van der Waals surface area contributed by atoms with E-state index in [-0.39, 0.29) is 43.2 Å². The second-order valence-corrected chi connectivity index (χ2v) is 6.93. The number of carbonyl (C=O) groups excluding carboxylic acids is 2. The van der Waals surface area contributed by atoms with Gasteiger partial charge in [-0.3, -0.25) is 14.5 Å². The Hall–Kier alpha value is -1.83. The van der Waals surface area contributed by atoms with Gasteiger partial charge in [0.2, 0.25) is 11.8 Å². The third kappa shape index (κ3) is 6.87. The Morgan fingerprint density at radius 1 is 0.966 bits per heavy atom. The molecule has 0 saturated carbocycles. The number of nitrogens with one attached hydrogen (secondary N) is 1. The summed E-state index contributed by atoms with van der Waals surface area (Å²) in [5, 5.41) is 3.33. The summed E-state index contributed by atoms with van der Waals surface area (Å²) in [4.78, 5) is 28.6. The van der Waals surface area contributed by atoms with Gasteiger partial charge in [-0.05, 0) is 17.7 Å². The molecule has 1 heterocycles. The van der Waals surface area contributed by atoms with E-state index in [1.165, 1.54) is 0 Å². The maximum atomic E-state index is 12.6. The van der Waals surface area contributed by atoms with Crippen LogP contribution in [0.2, 0.25) is 5.02 Å². The Morgan fingerprint density at radius 2 is 1.55 bits per heavy atom. The fourth-order valence-corrected chi connectivity index (χ4v) is 3.26. The highest BCUT2D eigenvalue weighted by atomic mass is 35.5. The van der Waals surface area contributed by atoms with Gasteiger partial charge in [0.25, 0.3) is 0 Å². The lowest BCUT2D eigenvalue weighted by Crippen LogP contribution is -2.52. The monoisotopic (exact) mass is 458 g/mol. The molecule has 6 nitrogen and oxygen atoms in total. The summed E-state index contributed by atoms with van der Waals surface area (Å²) in [5.74, 6) is -0.203. The van der Waals surface area contributed by atoms with Crippen LogP contribution >= 0.6 is 36.4 Å². The summed E-state index contributed by atoms with van der Waals surface area (Å²) in [7, 11) is 0. The van der Waals surface area contributed by atoms with Crippen molar-refractivity contribution in [3.8, 4) is 0 Å². The van der Waals surface area contributed by atoms with E-state index >= 15 is 0 Å². The normalized spacial score (nSPS) is 14.9. The van der Waals surface area contributed by atoms with Crippen molar-refractivity contribution in [3.05, 3.63) is 65.2 Å². The SMILES string of the molecule is Cl.Cl.NC(C(=O)N1CCN(CC(=O)Nc2ccccc2Cl)CC1)c1ccccc1. The molecule has 2 amide bonds. The molecule has 0 radical (unpaired) electrons. The summed E-state index contributed by atoms with van der Waals surface area (Å²) in [5.41, 5.74) is 7.52. The third-order valence-electron chi connectivity index (χ3n) is 4.62. The maximum absolute atomic E-state index is 12.6. The van der Waals surface area contributed by atoms with E-state index in [1.807, 2.05) is 47.4 Å². The van der Waals surface area contributed by atoms with Crippen LogP contribution in [0.15, 0.2) is 54.6 Å². The van der Waals surface area contributed by atoms with Crippen LogP contribution in [0.4, 0.5) is 5.69 Å². The fraction of sp³-hybridized carbons (Fsp3) is 0.300. The lowest BCUT2D eigenvalue weighted by molar-refractivity contribution is -0.134. The molecular weight excluding hydrogens is 435 g/mol. The van der Waals surface area contributed by atoms with Crippen molar-refractivity contribution in [1.29, 1.82) is 0 Å². The van der Waals surface area contributed by atoms with Gasteiger partial charge in [0, 0.05) is 26.2 Å². The van der Waals surface area contributed by atoms with Crippen LogP contribution in [0.5, 0.6) is 0 Å². The molecule has 3 rings (SSSR count). The quantitative estimate of drug-likeness (QED) is 0.720. The number of para-hydroxylation sites is 1. The number of anilines is 1. The molecule has 1 aliphatic heterocycles. The highest BCUT2D eigenvalue weighted by Gasteiger charge is 2.26. The number of benzene rings is 2. The average molecular weight is 460 g/mol. The van der Waals surface area contributed by atoms with E-state index in [0.717, 1.165) is 5.56 Å². The third-order valence-corrected chi connectivity index (χ3v) is 4.95. The predicted molar refractivity (Wildman–Crippen MR) is 121 cm³/mol. The Kier molecular flexibility index (Phi) is 10.4. The predicted octanol–water partition coefficient (Wildman–Crippen LogP) is 2.97. The van der Waals surface area contributed by atoms with Gasteiger partial charge in [-0.25, -0.2) is 0 Å². The molecule has 1 fully saturated rings. The van der Waals surface area contributed by atoms with Gasteiger partial charge in [0.1, 0.15) is 6.04 Å². The zero-order chi connectivity index (χ0) is 19.2. The van der Waals surface area contributed by atoms with Crippen LogP contribution in [-0.2, 0) is 9.59 Å². The number of piperazine rings is 1. The Bertz CT molecular complexity index is 799. The second kappa shape index (κ2) is 12.0. The smallest absolute Gasteiger partial charge is 0.244 e. The van der Waals surface area contributed by atoms with Gasteiger partial charge in [-0.2, -0.15) is 0 Å². The van der Waals surface area contributed by atoms with E-state index in [0.29, 0.717) is 36.9 Å². The van der Waals surface area contributed by atoms with Gasteiger partial charge >= 0.3 is 0 Å². The minimum atomic E-state index is -0.652. The van der Waals surface area contributed by atoms with E-state index in [2.05, 4.69) is 5.32 Å². The van der Waals surface area contributed by atoms with E-state index in [9.17, 15) is 9.59 Å².